The Kier molecular flexibility index (Phi) is 4.46. The molecular formula is C12H9F6NO. The van der Waals surface area contributed by atoms with Gasteiger partial charge in [-0.2, -0.15) is 26.3 Å². The minimum Gasteiger partial charge on any atom is -0.369 e. The van der Waals surface area contributed by atoms with Gasteiger partial charge in [0.05, 0.1) is 11.1 Å². The van der Waals surface area contributed by atoms with Crippen molar-refractivity contribution in [3.8, 4) is 0 Å². The first-order valence-corrected chi connectivity index (χ1v) is 5.24. The van der Waals surface area contributed by atoms with Gasteiger partial charge >= 0.3 is 12.4 Å². The Balaban J connectivity index is 3.24. The van der Waals surface area contributed by atoms with Crippen LogP contribution in [-0.2, 0) is 17.1 Å². The van der Waals surface area contributed by atoms with E-state index in [1.807, 2.05) is 0 Å². The van der Waals surface area contributed by atoms with Crippen LogP contribution >= 0.6 is 0 Å². The van der Waals surface area contributed by atoms with Crippen molar-refractivity contribution in [1.29, 1.82) is 0 Å². The molecule has 0 unspecified atom stereocenters. The number of nitrogens with two attached hydrogens (primary N) is 1. The molecule has 1 amide bonds. The van der Waals surface area contributed by atoms with Crippen LogP contribution in [0.2, 0.25) is 0 Å². The highest BCUT2D eigenvalue weighted by atomic mass is 19.4. The summed E-state index contributed by atoms with van der Waals surface area (Å²) in [6.45, 7) is 0. The third kappa shape index (κ3) is 4.60. The van der Waals surface area contributed by atoms with Crippen molar-refractivity contribution in [3.63, 3.8) is 0 Å². The number of carbonyl (C=O) groups is 1. The van der Waals surface area contributed by atoms with Gasteiger partial charge in [-0.25, -0.2) is 0 Å². The van der Waals surface area contributed by atoms with Gasteiger partial charge in [0.2, 0.25) is 5.91 Å². The number of carbonyl (C=O) groups excluding carboxylic acids is 1. The molecule has 0 aliphatic rings. The van der Waals surface area contributed by atoms with Gasteiger partial charge in [0.15, 0.2) is 0 Å². The third-order valence-corrected chi connectivity index (χ3v) is 2.24. The normalized spacial score (nSPS) is 12.9. The van der Waals surface area contributed by atoms with Crippen molar-refractivity contribution >= 4 is 12.0 Å². The second-order valence-corrected chi connectivity index (χ2v) is 3.91. The van der Waals surface area contributed by atoms with Gasteiger partial charge in [-0.15, -0.1) is 0 Å². The molecule has 20 heavy (non-hydrogen) atoms. The van der Waals surface area contributed by atoms with Crippen LogP contribution in [0.25, 0.3) is 6.08 Å². The van der Waals surface area contributed by atoms with E-state index in [1.54, 1.807) is 0 Å². The van der Waals surface area contributed by atoms with Gasteiger partial charge in [0, 0.05) is 6.42 Å². The van der Waals surface area contributed by atoms with E-state index >= 15 is 0 Å². The summed E-state index contributed by atoms with van der Waals surface area (Å²) in [5, 5.41) is 0. The molecule has 0 radical (unpaired) electrons. The van der Waals surface area contributed by atoms with Gasteiger partial charge in [-0.3, -0.25) is 4.79 Å². The Morgan fingerprint density at radius 2 is 1.45 bits per heavy atom. The van der Waals surface area contributed by atoms with Gasteiger partial charge in [0.25, 0.3) is 0 Å². The number of halogens is 6. The smallest absolute Gasteiger partial charge is 0.369 e. The van der Waals surface area contributed by atoms with E-state index in [0.29, 0.717) is 12.1 Å². The molecule has 0 spiro atoms. The maximum atomic E-state index is 12.5. The lowest BCUT2D eigenvalue weighted by Gasteiger charge is -2.12. The molecule has 0 saturated carbocycles. The number of alkyl halides is 6. The second-order valence-electron chi connectivity index (χ2n) is 3.91. The molecule has 110 valence electrons. The maximum absolute atomic E-state index is 12.5. The van der Waals surface area contributed by atoms with Crippen LogP contribution in [0, 0.1) is 0 Å². The van der Waals surface area contributed by atoms with E-state index in [1.165, 1.54) is 0 Å². The van der Waals surface area contributed by atoms with E-state index in [9.17, 15) is 31.1 Å². The molecule has 0 bridgehead atoms. The van der Waals surface area contributed by atoms with Crippen molar-refractivity contribution in [2.45, 2.75) is 18.8 Å². The largest absolute Gasteiger partial charge is 0.416 e. The van der Waals surface area contributed by atoms with Crippen LogP contribution < -0.4 is 5.73 Å². The van der Waals surface area contributed by atoms with Crippen molar-refractivity contribution in [2.75, 3.05) is 0 Å². The summed E-state index contributed by atoms with van der Waals surface area (Å²) in [6.07, 6.45) is -7.99. The molecule has 0 atom stereocenters. The Hall–Kier alpha value is -1.99. The first-order chi connectivity index (χ1) is 9.00. The fourth-order valence-corrected chi connectivity index (χ4v) is 1.39. The zero-order valence-electron chi connectivity index (χ0n) is 9.85. The number of primary amides is 1. The van der Waals surface area contributed by atoms with Crippen LogP contribution in [0.5, 0.6) is 0 Å². The Morgan fingerprint density at radius 1 is 1.00 bits per heavy atom. The second kappa shape index (κ2) is 5.56. The molecule has 1 rings (SSSR count). The average molecular weight is 297 g/mol. The highest BCUT2D eigenvalue weighted by molar-refractivity contribution is 5.76. The average Bonchev–Trinajstić information content (AvgIpc) is 2.25. The molecular weight excluding hydrogens is 288 g/mol. The monoisotopic (exact) mass is 297 g/mol. The predicted octanol–water partition coefficient (Wildman–Crippen LogP) is 3.61. The molecule has 0 aliphatic carbocycles. The number of amides is 1. The summed E-state index contributed by atoms with van der Waals surface area (Å²) in [5.74, 6) is -0.746. The standard InChI is InChI=1S/C12H9F6NO/c13-11(14,15)8-4-7(2-1-3-10(19)20)5-9(6-8)12(16,17)18/h1-2,4-6H,3H2,(H2,19,20). The van der Waals surface area contributed by atoms with E-state index in [-0.39, 0.29) is 18.1 Å². The topological polar surface area (TPSA) is 43.1 Å². The molecule has 0 aliphatic heterocycles. The summed E-state index contributed by atoms with van der Waals surface area (Å²) in [4.78, 5) is 10.5. The molecule has 0 fully saturated rings. The summed E-state index contributed by atoms with van der Waals surface area (Å²) >= 11 is 0. The van der Waals surface area contributed by atoms with Crippen LogP contribution in [0.1, 0.15) is 23.1 Å². The van der Waals surface area contributed by atoms with Gasteiger partial charge in [-0.1, -0.05) is 12.2 Å². The van der Waals surface area contributed by atoms with Crippen LogP contribution in [-0.4, -0.2) is 5.91 Å². The quantitative estimate of drug-likeness (QED) is 0.851. The first kappa shape index (κ1) is 16.1. The van der Waals surface area contributed by atoms with Gasteiger partial charge in [0.1, 0.15) is 0 Å². The third-order valence-electron chi connectivity index (χ3n) is 2.24. The number of rotatable bonds is 3. The Bertz CT molecular complexity index is 497. The first-order valence-electron chi connectivity index (χ1n) is 5.24. The fraction of sp³-hybridized carbons (Fsp3) is 0.250. The zero-order valence-corrected chi connectivity index (χ0v) is 9.85. The number of hydrogen-bond acceptors (Lipinski definition) is 1. The molecule has 1 aromatic rings. The fourth-order valence-electron chi connectivity index (χ4n) is 1.39. The predicted molar refractivity (Wildman–Crippen MR) is 59.3 cm³/mol. The Morgan fingerprint density at radius 3 is 1.80 bits per heavy atom. The van der Waals surface area contributed by atoms with Crippen LogP contribution in [0.3, 0.4) is 0 Å². The zero-order chi connectivity index (χ0) is 15.6. The summed E-state index contributed by atoms with van der Waals surface area (Å²) in [7, 11) is 0. The minimum atomic E-state index is -4.90. The van der Waals surface area contributed by atoms with Crippen LogP contribution in [0.4, 0.5) is 26.3 Å². The molecule has 8 heteroatoms. The van der Waals surface area contributed by atoms with E-state index in [0.717, 1.165) is 12.2 Å². The molecule has 0 saturated heterocycles. The molecule has 1 aromatic carbocycles. The van der Waals surface area contributed by atoms with E-state index in [4.69, 9.17) is 5.73 Å². The molecule has 2 N–H and O–H groups in total. The maximum Gasteiger partial charge on any atom is 0.416 e. The van der Waals surface area contributed by atoms with Crippen molar-refractivity contribution in [1.82, 2.24) is 0 Å². The van der Waals surface area contributed by atoms with E-state index < -0.39 is 29.4 Å². The Labute approximate surface area is 109 Å². The van der Waals surface area contributed by atoms with Gasteiger partial charge in [-0.05, 0) is 23.8 Å². The lowest BCUT2D eigenvalue weighted by Crippen LogP contribution is -2.11. The van der Waals surface area contributed by atoms with E-state index in [2.05, 4.69) is 0 Å². The lowest BCUT2D eigenvalue weighted by atomic mass is 10.0. The van der Waals surface area contributed by atoms with Crippen LogP contribution in [0.15, 0.2) is 24.3 Å². The van der Waals surface area contributed by atoms with Gasteiger partial charge < -0.3 is 5.73 Å². The lowest BCUT2D eigenvalue weighted by molar-refractivity contribution is -0.143. The number of benzene rings is 1. The minimum absolute atomic E-state index is 0.0332. The number of hydrogen-bond donors (Lipinski definition) is 1. The van der Waals surface area contributed by atoms with Crippen molar-refractivity contribution in [2.24, 2.45) is 5.73 Å². The van der Waals surface area contributed by atoms with Crippen molar-refractivity contribution < 1.29 is 31.1 Å². The summed E-state index contributed by atoms with van der Waals surface area (Å²) in [5.41, 5.74) is 1.67. The van der Waals surface area contributed by atoms with Crippen molar-refractivity contribution in [3.05, 3.63) is 41.0 Å². The molecule has 0 aromatic heterocycles. The molecule has 0 heterocycles. The highest BCUT2D eigenvalue weighted by Crippen LogP contribution is 2.36. The highest BCUT2D eigenvalue weighted by Gasteiger charge is 2.36. The molecule has 2 nitrogen and oxygen atoms in total. The summed E-state index contributed by atoms with van der Waals surface area (Å²) in [6, 6.07) is 1.16. The SMILES string of the molecule is NC(=O)CC=Cc1cc(C(F)(F)F)cc(C(F)(F)F)c1. The summed E-state index contributed by atoms with van der Waals surface area (Å²) < 4.78 is 75.1.